The Morgan fingerprint density at radius 3 is 3.00 bits per heavy atom. The molecule has 0 aliphatic rings. The maximum atomic E-state index is 11.2. The molecule has 1 aromatic heterocycles. The summed E-state index contributed by atoms with van der Waals surface area (Å²) < 4.78 is 0. The zero-order valence-corrected chi connectivity index (χ0v) is 9.52. The normalized spacial score (nSPS) is 9.94. The predicted molar refractivity (Wildman–Crippen MR) is 61.6 cm³/mol. The lowest BCUT2D eigenvalue weighted by atomic mass is 10.3. The molecular weight excluding hydrogens is 226 g/mol. The number of rotatable bonds is 7. The van der Waals surface area contributed by atoms with E-state index in [0.717, 1.165) is 6.42 Å². The van der Waals surface area contributed by atoms with Crippen LogP contribution >= 0.6 is 0 Å². The highest BCUT2D eigenvalue weighted by atomic mass is 16.6. The van der Waals surface area contributed by atoms with Crippen molar-refractivity contribution in [1.82, 2.24) is 15.5 Å². The van der Waals surface area contributed by atoms with Crippen molar-refractivity contribution in [1.29, 1.82) is 0 Å². The molecule has 94 valence electrons. The molecule has 0 unspecified atom stereocenters. The summed E-state index contributed by atoms with van der Waals surface area (Å²) in [6.45, 7) is 2.94. The van der Waals surface area contributed by atoms with Crippen LogP contribution in [0.5, 0.6) is 0 Å². The number of nitro groups is 1. The Balaban J connectivity index is 2.33. The molecule has 0 bridgehead atoms. The van der Waals surface area contributed by atoms with E-state index in [-0.39, 0.29) is 18.1 Å². The lowest BCUT2D eigenvalue weighted by Gasteiger charge is -2.04. The quantitative estimate of drug-likeness (QED) is 0.479. The van der Waals surface area contributed by atoms with Crippen molar-refractivity contribution >= 4 is 17.4 Å². The summed E-state index contributed by atoms with van der Waals surface area (Å²) in [6.07, 6.45) is 2.47. The fourth-order valence-corrected chi connectivity index (χ4v) is 1.21. The van der Waals surface area contributed by atoms with Gasteiger partial charge < -0.3 is 20.7 Å². The maximum Gasteiger partial charge on any atom is 0.366 e. The van der Waals surface area contributed by atoms with Crippen LogP contribution in [0, 0.1) is 10.1 Å². The van der Waals surface area contributed by atoms with Crippen LogP contribution in [0.1, 0.15) is 19.8 Å². The maximum absolute atomic E-state index is 11.2. The van der Waals surface area contributed by atoms with Gasteiger partial charge in [-0.25, -0.2) is 0 Å². The lowest BCUT2D eigenvalue weighted by Crippen LogP contribution is -2.25. The van der Waals surface area contributed by atoms with Gasteiger partial charge in [-0.05, 0) is 11.3 Å². The molecule has 0 radical (unpaired) electrons. The third-order valence-electron chi connectivity index (χ3n) is 2.04. The van der Waals surface area contributed by atoms with Gasteiger partial charge in [0, 0.05) is 19.5 Å². The van der Waals surface area contributed by atoms with Gasteiger partial charge in [-0.15, -0.1) is 5.10 Å². The van der Waals surface area contributed by atoms with Crippen LogP contribution in [0.4, 0.5) is 11.5 Å². The molecule has 1 rings (SSSR count). The van der Waals surface area contributed by atoms with Crippen LogP contribution < -0.4 is 10.6 Å². The van der Waals surface area contributed by atoms with Crippen LogP contribution in [0.25, 0.3) is 0 Å². The molecule has 8 heteroatoms. The van der Waals surface area contributed by atoms with Crippen LogP contribution in [0.15, 0.2) is 6.20 Å². The Hall–Kier alpha value is -2.12. The van der Waals surface area contributed by atoms with E-state index in [4.69, 9.17) is 0 Å². The second-order valence-electron chi connectivity index (χ2n) is 3.42. The summed E-state index contributed by atoms with van der Waals surface area (Å²) in [7, 11) is 0. The molecule has 0 saturated carbocycles. The van der Waals surface area contributed by atoms with Gasteiger partial charge in [0.05, 0.1) is 0 Å². The molecule has 0 spiro atoms. The van der Waals surface area contributed by atoms with Crippen LogP contribution in [-0.4, -0.2) is 34.1 Å². The average Bonchev–Trinajstić information content (AvgIpc) is 2.74. The topological polar surface area (TPSA) is 113 Å². The Labute approximate surface area is 97.9 Å². The molecule has 17 heavy (non-hydrogen) atoms. The average molecular weight is 241 g/mol. The number of H-pyrrole nitrogens is 1. The summed E-state index contributed by atoms with van der Waals surface area (Å²) in [5, 5.41) is 21.9. The van der Waals surface area contributed by atoms with Gasteiger partial charge in [-0.1, -0.05) is 12.0 Å². The predicted octanol–water partition coefficient (Wildman–Crippen LogP) is 0.646. The molecule has 0 fully saturated rings. The minimum Gasteiger partial charge on any atom is -0.376 e. The van der Waals surface area contributed by atoms with Crippen molar-refractivity contribution in [3.05, 3.63) is 16.3 Å². The smallest absolute Gasteiger partial charge is 0.366 e. The molecule has 1 heterocycles. The van der Waals surface area contributed by atoms with Gasteiger partial charge in [0.2, 0.25) is 5.91 Å². The summed E-state index contributed by atoms with van der Waals surface area (Å²) in [5.74, 6) is -0.274. The zero-order valence-electron chi connectivity index (χ0n) is 9.52. The van der Waals surface area contributed by atoms with Gasteiger partial charge in [-0.2, -0.15) is 0 Å². The van der Waals surface area contributed by atoms with E-state index in [0.29, 0.717) is 18.8 Å². The Morgan fingerprint density at radius 1 is 1.59 bits per heavy atom. The first-order valence-corrected chi connectivity index (χ1v) is 5.33. The van der Waals surface area contributed by atoms with Crippen LogP contribution in [-0.2, 0) is 4.79 Å². The highest BCUT2D eigenvalue weighted by molar-refractivity contribution is 5.76. The second-order valence-corrected chi connectivity index (χ2v) is 3.42. The molecule has 0 aliphatic carbocycles. The summed E-state index contributed by atoms with van der Waals surface area (Å²) in [4.78, 5) is 21.2. The molecule has 0 aromatic carbocycles. The largest absolute Gasteiger partial charge is 0.376 e. The van der Waals surface area contributed by atoms with E-state index < -0.39 is 4.92 Å². The van der Waals surface area contributed by atoms with E-state index >= 15 is 0 Å². The fraction of sp³-hybridized carbons (Fsp3) is 0.556. The highest BCUT2D eigenvalue weighted by Crippen LogP contribution is 2.19. The number of carbonyl (C=O) groups is 1. The van der Waals surface area contributed by atoms with E-state index in [9.17, 15) is 14.9 Å². The van der Waals surface area contributed by atoms with E-state index in [1.807, 2.05) is 6.92 Å². The monoisotopic (exact) mass is 241 g/mol. The van der Waals surface area contributed by atoms with Crippen molar-refractivity contribution in [2.24, 2.45) is 0 Å². The van der Waals surface area contributed by atoms with Gasteiger partial charge >= 0.3 is 5.82 Å². The van der Waals surface area contributed by atoms with Gasteiger partial charge in [-0.3, -0.25) is 4.79 Å². The van der Waals surface area contributed by atoms with Crippen LogP contribution in [0.3, 0.4) is 0 Å². The van der Waals surface area contributed by atoms with Gasteiger partial charge in [0.15, 0.2) is 5.69 Å². The summed E-state index contributed by atoms with van der Waals surface area (Å²) in [6, 6.07) is 0. The number of aromatic amines is 1. The van der Waals surface area contributed by atoms with Gasteiger partial charge in [0.1, 0.15) is 6.20 Å². The SMILES string of the molecule is CCCNC(=O)CCNc1cn[nH]c1[N+](=O)[O-]. The first kappa shape index (κ1) is 12.9. The second kappa shape index (κ2) is 6.46. The molecule has 1 amide bonds. The van der Waals surface area contributed by atoms with Crippen molar-refractivity contribution in [2.45, 2.75) is 19.8 Å². The summed E-state index contributed by atoms with van der Waals surface area (Å²) in [5.41, 5.74) is 0.290. The number of hydrogen-bond acceptors (Lipinski definition) is 5. The van der Waals surface area contributed by atoms with E-state index in [1.54, 1.807) is 0 Å². The highest BCUT2D eigenvalue weighted by Gasteiger charge is 2.14. The molecule has 3 N–H and O–H groups in total. The molecule has 0 aliphatic heterocycles. The zero-order chi connectivity index (χ0) is 12.7. The number of nitrogens with zero attached hydrogens (tertiary/aromatic N) is 2. The minimum atomic E-state index is -0.563. The number of hydrogen-bond donors (Lipinski definition) is 3. The van der Waals surface area contributed by atoms with E-state index in [2.05, 4.69) is 20.8 Å². The number of aromatic nitrogens is 2. The number of carbonyl (C=O) groups excluding carboxylic acids is 1. The number of anilines is 1. The molecule has 0 atom stereocenters. The molecule has 8 nitrogen and oxygen atoms in total. The Morgan fingerprint density at radius 2 is 2.35 bits per heavy atom. The standard InChI is InChI=1S/C9H15N5O3/c1-2-4-11-8(15)3-5-10-7-6-12-13-9(7)14(16)17/h6,10H,2-5H2,1H3,(H,11,15)(H,12,13). The molecule has 1 aromatic rings. The first-order chi connectivity index (χ1) is 8.15. The number of amides is 1. The minimum absolute atomic E-state index is 0.0782. The molecule has 0 saturated heterocycles. The lowest BCUT2D eigenvalue weighted by molar-refractivity contribution is -0.388. The fourth-order valence-electron chi connectivity index (χ4n) is 1.21. The van der Waals surface area contributed by atoms with Crippen molar-refractivity contribution in [3.63, 3.8) is 0 Å². The van der Waals surface area contributed by atoms with Crippen molar-refractivity contribution in [2.75, 3.05) is 18.4 Å². The third-order valence-corrected chi connectivity index (χ3v) is 2.04. The Bertz CT molecular complexity index is 390. The van der Waals surface area contributed by atoms with Crippen molar-refractivity contribution in [3.8, 4) is 0 Å². The van der Waals surface area contributed by atoms with Gasteiger partial charge in [0.25, 0.3) is 0 Å². The van der Waals surface area contributed by atoms with Crippen LogP contribution in [0.2, 0.25) is 0 Å². The number of nitrogens with one attached hydrogen (secondary N) is 3. The molecular formula is C9H15N5O3. The Kier molecular flexibility index (Phi) is 4.92. The summed E-state index contributed by atoms with van der Waals surface area (Å²) >= 11 is 0. The van der Waals surface area contributed by atoms with E-state index in [1.165, 1.54) is 6.20 Å². The van der Waals surface area contributed by atoms with Crippen molar-refractivity contribution < 1.29 is 9.72 Å². The first-order valence-electron chi connectivity index (χ1n) is 5.33. The third kappa shape index (κ3) is 4.09.